The summed E-state index contributed by atoms with van der Waals surface area (Å²) in [6.45, 7) is 2.31. The topological polar surface area (TPSA) is 69.6 Å². The summed E-state index contributed by atoms with van der Waals surface area (Å²) < 4.78 is 41.1. The highest BCUT2D eigenvalue weighted by Gasteiger charge is 2.36. The Morgan fingerprint density at radius 1 is 1.33 bits per heavy atom. The van der Waals surface area contributed by atoms with Crippen LogP contribution < -0.4 is 4.72 Å². The zero-order valence-corrected chi connectivity index (χ0v) is 12.4. The molecule has 0 radical (unpaired) electrons. The standard InChI is InChI=1S/C14H19FN2O3S/c15-12-2-1-11(9-18)14(7-12)21(19,20)16-13-8-17-5-3-10(13)4-6-17/h1-2,7,10,13,16,18H,3-6,8-9H2. The molecule has 3 fully saturated rings. The van der Waals surface area contributed by atoms with Crippen LogP contribution in [0.3, 0.4) is 0 Å². The van der Waals surface area contributed by atoms with Crippen LogP contribution in [0.4, 0.5) is 4.39 Å². The van der Waals surface area contributed by atoms with Gasteiger partial charge in [0.05, 0.1) is 11.5 Å². The van der Waals surface area contributed by atoms with Crippen molar-refractivity contribution in [1.29, 1.82) is 0 Å². The SMILES string of the molecule is O=S(=O)(NC1CN2CCC1CC2)c1cc(F)ccc1CO. The Labute approximate surface area is 123 Å². The summed E-state index contributed by atoms with van der Waals surface area (Å²) in [4.78, 5) is 2.08. The Kier molecular flexibility index (Phi) is 4.00. The summed E-state index contributed by atoms with van der Waals surface area (Å²) in [5.74, 6) is -0.280. The van der Waals surface area contributed by atoms with Gasteiger partial charge in [0.15, 0.2) is 0 Å². The highest BCUT2D eigenvalue weighted by atomic mass is 32.2. The van der Waals surface area contributed by atoms with Crippen LogP contribution in [0.25, 0.3) is 0 Å². The Morgan fingerprint density at radius 2 is 2.05 bits per heavy atom. The smallest absolute Gasteiger partial charge is 0.241 e. The molecule has 1 unspecified atom stereocenters. The lowest BCUT2D eigenvalue weighted by atomic mass is 9.85. The van der Waals surface area contributed by atoms with E-state index < -0.39 is 22.4 Å². The maximum absolute atomic E-state index is 13.4. The molecule has 0 spiro atoms. The van der Waals surface area contributed by atoms with Gasteiger partial charge in [0.25, 0.3) is 0 Å². The quantitative estimate of drug-likeness (QED) is 0.858. The Hall–Kier alpha value is -1.02. The molecular weight excluding hydrogens is 295 g/mol. The molecular formula is C14H19FN2O3S. The molecule has 0 saturated carbocycles. The number of halogens is 1. The zero-order valence-electron chi connectivity index (χ0n) is 11.6. The fraction of sp³-hybridized carbons (Fsp3) is 0.571. The van der Waals surface area contributed by atoms with Crippen LogP contribution in [-0.4, -0.2) is 44.1 Å². The number of sulfonamides is 1. The molecule has 3 aliphatic rings. The largest absolute Gasteiger partial charge is 0.392 e. The number of hydrogen-bond donors (Lipinski definition) is 2. The van der Waals surface area contributed by atoms with E-state index in [1.54, 1.807) is 0 Å². The molecule has 4 rings (SSSR count). The number of nitrogens with one attached hydrogen (secondary N) is 1. The lowest BCUT2D eigenvalue weighted by Crippen LogP contribution is -2.57. The minimum Gasteiger partial charge on any atom is -0.392 e. The van der Waals surface area contributed by atoms with Crippen molar-refractivity contribution in [2.45, 2.75) is 30.4 Å². The molecule has 5 nitrogen and oxygen atoms in total. The molecule has 2 bridgehead atoms. The van der Waals surface area contributed by atoms with Gasteiger partial charge in [0, 0.05) is 12.6 Å². The second kappa shape index (κ2) is 5.64. The maximum Gasteiger partial charge on any atom is 0.241 e. The van der Waals surface area contributed by atoms with E-state index in [0.29, 0.717) is 12.5 Å². The summed E-state index contributed by atoms with van der Waals surface area (Å²) in [7, 11) is -3.82. The van der Waals surface area contributed by atoms with E-state index in [4.69, 9.17) is 0 Å². The number of hydrogen-bond acceptors (Lipinski definition) is 4. The predicted octanol–water partition coefficient (Wildman–Crippen LogP) is 0.690. The number of rotatable bonds is 4. The van der Waals surface area contributed by atoms with Crippen LogP contribution in [0.2, 0.25) is 0 Å². The van der Waals surface area contributed by atoms with Gasteiger partial charge < -0.3 is 10.0 Å². The molecule has 2 N–H and O–H groups in total. The highest BCUT2D eigenvalue weighted by molar-refractivity contribution is 7.89. The minimum atomic E-state index is -3.82. The molecule has 3 heterocycles. The van der Waals surface area contributed by atoms with Crippen molar-refractivity contribution >= 4 is 10.0 Å². The van der Waals surface area contributed by atoms with Crippen molar-refractivity contribution in [3.63, 3.8) is 0 Å². The predicted molar refractivity (Wildman–Crippen MR) is 75.6 cm³/mol. The number of fused-ring (bicyclic) bond motifs is 3. The average molecular weight is 314 g/mol. The van der Waals surface area contributed by atoms with Crippen molar-refractivity contribution in [2.24, 2.45) is 5.92 Å². The second-order valence-electron chi connectivity index (χ2n) is 5.78. The molecule has 3 saturated heterocycles. The first-order valence-corrected chi connectivity index (χ1v) is 8.62. The van der Waals surface area contributed by atoms with Crippen LogP contribution in [0.15, 0.2) is 23.1 Å². The van der Waals surface area contributed by atoms with E-state index in [0.717, 1.165) is 38.1 Å². The minimum absolute atomic E-state index is 0.132. The lowest BCUT2D eigenvalue weighted by molar-refractivity contribution is 0.0827. The van der Waals surface area contributed by atoms with Gasteiger partial charge in [-0.1, -0.05) is 6.07 Å². The fourth-order valence-electron chi connectivity index (χ4n) is 3.27. The van der Waals surface area contributed by atoms with E-state index >= 15 is 0 Å². The van der Waals surface area contributed by atoms with Gasteiger partial charge in [-0.25, -0.2) is 17.5 Å². The zero-order chi connectivity index (χ0) is 15.0. The number of piperidine rings is 3. The number of aliphatic hydroxyl groups is 1. The Bertz CT molecular complexity index is 627. The molecule has 0 aliphatic carbocycles. The summed E-state index contributed by atoms with van der Waals surface area (Å²) in [5.41, 5.74) is 0.213. The Morgan fingerprint density at radius 3 is 2.62 bits per heavy atom. The Balaban J connectivity index is 1.86. The van der Waals surface area contributed by atoms with Gasteiger partial charge in [0.1, 0.15) is 5.82 Å². The van der Waals surface area contributed by atoms with Gasteiger partial charge in [-0.2, -0.15) is 0 Å². The van der Waals surface area contributed by atoms with Crippen molar-refractivity contribution < 1.29 is 17.9 Å². The van der Waals surface area contributed by atoms with Gasteiger partial charge in [-0.05, 0) is 49.5 Å². The first kappa shape index (κ1) is 14.9. The van der Waals surface area contributed by atoms with Crippen molar-refractivity contribution in [3.8, 4) is 0 Å². The number of aliphatic hydroxyl groups excluding tert-OH is 1. The maximum atomic E-state index is 13.4. The molecule has 1 atom stereocenters. The molecule has 0 amide bonds. The van der Waals surface area contributed by atoms with E-state index in [2.05, 4.69) is 9.62 Å². The summed E-state index contributed by atoms with van der Waals surface area (Å²) in [5, 5.41) is 9.26. The molecule has 3 aliphatic heterocycles. The van der Waals surface area contributed by atoms with Gasteiger partial charge in [-0.3, -0.25) is 0 Å². The van der Waals surface area contributed by atoms with Gasteiger partial charge >= 0.3 is 0 Å². The van der Waals surface area contributed by atoms with Crippen LogP contribution >= 0.6 is 0 Å². The van der Waals surface area contributed by atoms with Crippen molar-refractivity contribution in [1.82, 2.24) is 9.62 Å². The third-order valence-electron chi connectivity index (χ3n) is 4.45. The van der Waals surface area contributed by atoms with Crippen LogP contribution in [0.5, 0.6) is 0 Å². The van der Waals surface area contributed by atoms with Gasteiger partial charge in [0.2, 0.25) is 10.0 Å². The molecule has 7 heteroatoms. The van der Waals surface area contributed by atoms with E-state index in [1.807, 2.05) is 0 Å². The molecule has 116 valence electrons. The number of benzene rings is 1. The third kappa shape index (κ3) is 2.96. The monoisotopic (exact) mass is 314 g/mol. The van der Waals surface area contributed by atoms with Crippen LogP contribution in [0, 0.1) is 11.7 Å². The lowest BCUT2D eigenvalue weighted by Gasteiger charge is -2.44. The van der Waals surface area contributed by atoms with Gasteiger partial charge in [-0.15, -0.1) is 0 Å². The highest BCUT2D eigenvalue weighted by Crippen LogP contribution is 2.29. The molecule has 1 aromatic carbocycles. The summed E-state index contributed by atoms with van der Waals surface area (Å²) >= 11 is 0. The molecule has 21 heavy (non-hydrogen) atoms. The first-order chi connectivity index (χ1) is 9.99. The average Bonchev–Trinajstić information content (AvgIpc) is 2.48. The third-order valence-corrected chi connectivity index (χ3v) is 6.02. The van der Waals surface area contributed by atoms with Crippen LogP contribution in [0.1, 0.15) is 18.4 Å². The fourth-order valence-corrected chi connectivity index (χ4v) is 4.81. The molecule has 1 aromatic rings. The summed E-state index contributed by atoms with van der Waals surface area (Å²) in [6.07, 6.45) is 1.98. The van der Waals surface area contributed by atoms with E-state index in [-0.39, 0.29) is 16.5 Å². The second-order valence-corrected chi connectivity index (χ2v) is 7.46. The normalized spacial score (nSPS) is 28.8. The van der Waals surface area contributed by atoms with Crippen molar-refractivity contribution in [3.05, 3.63) is 29.6 Å². The number of nitrogens with zero attached hydrogens (tertiary/aromatic N) is 1. The van der Waals surface area contributed by atoms with Crippen molar-refractivity contribution in [2.75, 3.05) is 19.6 Å². The van der Waals surface area contributed by atoms with Crippen LogP contribution in [-0.2, 0) is 16.6 Å². The molecule has 0 aromatic heterocycles. The van der Waals surface area contributed by atoms with E-state index in [9.17, 15) is 17.9 Å². The first-order valence-electron chi connectivity index (χ1n) is 7.13. The van der Waals surface area contributed by atoms with E-state index in [1.165, 1.54) is 6.07 Å². The summed E-state index contributed by atoms with van der Waals surface area (Å²) in [6, 6.07) is 3.29.